The summed E-state index contributed by atoms with van der Waals surface area (Å²) in [5.74, 6) is -0.538. The molecule has 0 aromatic heterocycles. The first-order valence-electron chi connectivity index (χ1n) is 5.99. The van der Waals surface area contributed by atoms with Gasteiger partial charge >= 0.3 is 5.97 Å². The smallest absolute Gasteiger partial charge is 0.337 e. The Bertz CT molecular complexity index is 755. The van der Waals surface area contributed by atoms with E-state index in [4.69, 9.17) is 5.73 Å². The van der Waals surface area contributed by atoms with Crippen molar-refractivity contribution in [3.63, 3.8) is 0 Å². The average molecular weight is 306 g/mol. The molecule has 110 valence electrons. The van der Waals surface area contributed by atoms with Crippen molar-refractivity contribution in [3.05, 3.63) is 54.1 Å². The Kier molecular flexibility index (Phi) is 4.13. The van der Waals surface area contributed by atoms with Crippen LogP contribution in [0.25, 0.3) is 0 Å². The van der Waals surface area contributed by atoms with Crippen molar-refractivity contribution in [1.29, 1.82) is 0 Å². The summed E-state index contributed by atoms with van der Waals surface area (Å²) in [5.41, 5.74) is 6.53. The molecule has 0 saturated carbocycles. The molecule has 0 saturated heterocycles. The standard InChI is InChI=1S/C14H14N2O4S/c1-20-14(17)10-3-2-4-12(9-10)16-21(18,19)13-7-5-11(15)6-8-13/h2-9,16H,15H2,1H3. The zero-order chi connectivity index (χ0) is 15.5. The van der Waals surface area contributed by atoms with Gasteiger partial charge in [-0.15, -0.1) is 0 Å². The number of carbonyl (C=O) groups excluding carboxylic acids is 1. The number of carbonyl (C=O) groups is 1. The Balaban J connectivity index is 2.28. The Labute approximate surface area is 122 Å². The maximum absolute atomic E-state index is 12.2. The van der Waals surface area contributed by atoms with Crippen molar-refractivity contribution >= 4 is 27.4 Å². The topological polar surface area (TPSA) is 98.5 Å². The highest BCUT2D eigenvalue weighted by molar-refractivity contribution is 7.92. The maximum Gasteiger partial charge on any atom is 0.337 e. The first-order chi connectivity index (χ1) is 9.92. The first kappa shape index (κ1) is 14.9. The molecule has 2 rings (SSSR count). The minimum absolute atomic E-state index is 0.0835. The zero-order valence-electron chi connectivity index (χ0n) is 11.2. The van der Waals surface area contributed by atoms with Gasteiger partial charge in [-0.2, -0.15) is 0 Å². The molecule has 0 aliphatic heterocycles. The van der Waals surface area contributed by atoms with E-state index in [2.05, 4.69) is 9.46 Å². The van der Waals surface area contributed by atoms with Gasteiger partial charge in [-0.3, -0.25) is 4.72 Å². The van der Waals surface area contributed by atoms with E-state index >= 15 is 0 Å². The van der Waals surface area contributed by atoms with E-state index in [1.165, 1.54) is 43.5 Å². The molecule has 0 bridgehead atoms. The zero-order valence-corrected chi connectivity index (χ0v) is 12.1. The van der Waals surface area contributed by atoms with Crippen molar-refractivity contribution in [2.45, 2.75) is 4.90 Å². The maximum atomic E-state index is 12.2. The molecule has 0 heterocycles. The number of anilines is 2. The third-order valence-electron chi connectivity index (χ3n) is 2.73. The lowest BCUT2D eigenvalue weighted by Crippen LogP contribution is -2.13. The average Bonchev–Trinajstić information content (AvgIpc) is 2.46. The number of esters is 1. The monoisotopic (exact) mass is 306 g/mol. The minimum Gasteiger partial charge on any atom is -0.465 e. The molecule has 0 fully saturated rings. The first-order valence-corrected chi connectivity index (χ1v) is 7.47. The molecule has 0 radical (unpaired) electrons. The van der Waals surface area contributed by atoms with Gasteiger partial charge < -0.3 is 10.5 Å². The molecule has 0 aliphatic carbocycles. The van der Waals surface area contributed by atoms with Crippen molar-refractivity contribution in [1.82, 2.24) is 0 Å². The molecule has 0 aliphatic rings. The van der Waals surface area contributed by atoms with E-state index < -0.39 is 16.0 Å². The van der Waals surface area contributed by atoms with Gasteiger partial charge in [0.1, 0.15) is 0 Å². The quantitative estimate of drug-likeness (QED) is 0.663. The summed E-state index contributed by atoms with van der Waals surface area (Å²) in [6.07, 6.45) is 0. The Morgan fingerprint density at radius 3 is 2.43 bits per heavy atom. The van der Waals surface area contributed by atoms with Crippen molar-refractivity contribution in [2.75, 3.05) is 17.6 Å². The van der Waals surface area contributed by atoms with Crippen LogP contribution in [0.5, 0.6) is 0 Å². The molecule has 0 atom stereocenters. The normalized spacial score (nSPS) is 10.9. The van der Waals surface area contributed by atoms with E-state index in [1.54, 1.807) is 12.1 Å². The summed E-state index contributed by atoms with van der Waals surface area (Å²) < 4.78 is 31.4. The Morgan fingerprint density at radius 2 is 1.81 bits per heavy atom. The van der Waals surface area contributed by atoms with Crippen LogP contribution in [-0.4, -0.2) is 21.5 Å². The van der Waals surface area contributed by atoms with Gasteiger partial charge in [-0.05, 0) is 42.5 Å². The van der Waals surface area contributed by atoms with Crippen LogP contribution < -0.4 is 10.5 Å². The molecule has 3 N–H and O–H groups in total. The van der Waals surface area contributed by atoms with Crippen LogP contribution in [0.2, 0.25) is 0 Å². The molecular formula is C14H14N2O4S. The molecule has 2 aromatic carbocycles. The molecule has 0 spiro atoms. The number of methoxy groups -OCH3 is 1. The van der Waals surface area contributed by atoms with E-state index in [0.29, 0.717) is 5.69 Å². The summed E-state index contributed by atoms with van der Waals surface area (Å²) >= 11 is 0. The number of rotatable bonds is 4. The fourth-order valence-electron chi connectivity index (χ4n) is 1.69. The van der Waals surface area contributed by atoms with Crippen LogP contribution in [0.3, 0.4) is 0 Å². The number of nitrogen functional groups attached to an aromatic ring is 1. The molecule has 0 unspecified atom stereocenters. The highest BCUT2D eigenvalue weighted by Crippen LogP contribution is 2.18. The second-order valence-electron chi connectivity index (χ2n) is 4.25. The van der Waals surface area contributed by atoms with Gasteiger partial charge in [0.15, 0.2) is 0 Å². The highest BCUT2D eigenvalue weighted by Gasteiger charge is 2.15. The van der Waals surface area contributed by atoms with Crippen molar-refractivity contribution in [2.24, 2.45) is 0 Å². The van der Waals surface area contributed by atoms with Gasteiger partial charge in [-0.25, -0.2) is 13.2 Å². The fraction of sp³-hybridized carbons (Fsp3) is 0.0714. The van der Waals surface area contributed by atoms with E-state index in [1.807, 2.05) is 0 Å². The van der Waals surface area contributed by atoms with Gasteiger partial charge in [0.25, 0.3) is 10.0 Å². The Morgan fingerprint density at radius 1 is 1.14 bits per heavy atom. The number of benzene rings is 2. The number of hydrogen-bond acceptors (Lipinski definition) is 5. The highest BCUT2D eigenvalue weighted by atomic mass is 32.2. The minimum atomic E-state index is -3.74. The number of nitrogens with two attached hydrogens (primary N) is 1. The lowest BCUT2D eigenvalue weighted by atomic mass is 10.2. The molecule has 7 heteroatoms. The fourth-order valence-corrected chi connectivity index (χ4v) is 2.74. The molecule has 2 aromatic rings. The molecular weight excluding hydrogens is 292 g/mol. The summed E-state index contributed by atoms with van der Waals surface area (Å²) in [4.78, 5) is 11.5. The van der Waals surface area contributed by atoms with Crippen LogP contribution in [0.4, 0.5) is 11.4 Å². The number of hydrogen-bond donors (Lipinski definition) is 2. The van der Waals surface area contributed by atoms with Gasteiger partial charge in [0, 0.05) is 11.4 Å². The van der Waals surface area contributed by atoms with Crippen molar-refractivity contribution in [3.8, 4) is 0 Å². The SMILES string of the molecule is COC(=O)c1cccc(NS(=O)(=O)c2ccc(N)cc2)c1. The van der Waals surface area contributed by atoms with Gasteiger partial charge in [0.05, 0.1) is 17.6 Å². The predicted molar refractivity (Wildman–Crippen MR) is 79.4 cm³/mol. The largest absolute Gasteiger partial charge is 0.465 e. The summed E-state index contributed by atoms with van der Waals surface area (Å²) in [5, 5.41) is 0. The number of ether oxygens (including phenoxy) is 1. The van der Waals surface area contributed by atoms with Crippen LogP contribution in [-0.2, 0) is 14.8 Å². The van der Waals surface area contributed by atoms with Crippen LogP contribution >= 0.6 is 0 Å². The van der Waals surface area contributed by atoms with Crippen LogP contribution in [0.15, 0.2) is 53.4 Å². The summed E-state index contributed by atoms with van der Waals surface area (Å²) in [7, 11) is -2.48. The molecule has 21 heavy (non-hydrogen) atoms. The molecule has 6 nitrogen and oxygen atoms in total. The summed E-state index contributed by atoms with van der Waals surface area (Å²) in [6.45, 7) is 0. The predicted octanol–water partition coefficient (Wildman–Crippen LogP) is 1.86. The van der Waals surface area contributed by atoms with E-state index in [-0.39, 0.29) is 16.1 Å². The second-order valence-corrected chi connectivity index (χ2v) is 5.93. The number of nitrogens with one attached hydrogen (secondary N) is 1. The van der Waals surface area contributed by atoms with E-state index in [0.717, 1.165) is 0 Å². The second kappa shape index (κ2) is 5.84. The Hall–Kier alpha value is -2.54. The van der Waals surface area contributed by atoms with E-state index in [9.17, 15) is 13.2 Å². The van der Waals surface area contributed by atoms with Crippen molar-refractivity contribution < 1.29 is 17.9 Å². The molecule has 0 amide bonds. The lowest BCUT2D eigenvalue weighted by molar-refractivity contribution is 0.0601. The number of sulfonamides is 1. The van der Waals surface area contributed by atoms with Crippen LogP contribution in [0, 0.1) is 0 Å². The third kappa shape index (κ3) is 3.51. The summed E-state index contributed by atoms with van der Waals surface area (Å²) in [6, 6.07) is 11.9. The van der Waals surface area contributed by atoms with Crippen LogP contribution in [0.1, 0.15) is 10.4 Å². The third-order valence-corrected chi connectivity index (χ3v) is 4.12. The lowest BCUT2D eigenvalue weighted by Gasteiger charge is -2.09. The van der Waals surface area contributed by atoms with Gasteiger partial charge in [0.2, 0.25) is 0 Å². The van der Waals surface area contributed by atoms with Gasteiger partial charge in [-0.1, -0.05) is 6.07 Å².